The molecule has 11 nitrogen and oxygen atoms in total. The number of likely N-dealkylation sites (N-methyl/N-ethyl adjacent to an activating group) is 2. The summed E-state index contributed by atoms with van der Waals surface area (Å²) in [5.41, 5.74) is 3.45. The minimum absolute atomic E-state index is 0.0101. The first kappa shape index (κ1) is 27.7. The maximum Gasteiger partial charge on any atom is 0.275 e. The number of nitrogens with zero attached hydrogens (tertiary/aromatic N) is 1. The van der Waals surface area contributed by atoms with E-state index in [2.05, 4.69) is 5.32 Å². The first-order valence-corrected chi connectivity index (χ1v) is 10.9. The van der Waals surface area contributed by atoms with Crippen molar-refractivity contribution in [1.82, 2.24) is 15.7 Å². The molecule has 2 rings (SSSR count). The second-order valence-electron chi connectivity index (χ2n) is 7.31. The molecule has 2 aromatic rings. The summed E-state index contributed by atoms with van der Waals surface area (Å²) in [5, 5.41) is 19.8. The Bertz CT molecular complexity index is 934. The first-order valence-electron chi connectivity index (χ1n) is 10.9. The van der Waals surface area contributed by atoms with Crippen molar-refractivity contribution in [3.63, 3.8) is 0 Å². The molecule has 0 aliphatic carbocycles. The minimum Gasteiger partial charge on any atom is -0.491 e. The number of amides is 3. The molecule has 0 fully saturated rings. The number of hydrogen-bond acceptors (Lipinski definition) is 8. The number of benzene rings is 2. The third-order valence-electron chi connectivity index (χ3n) is 4.98. The van der Waals surface area contributed by atoms with E-state index in [1.807, 2.05) is 24.3 Å². The zero-order valence-electron chi connectivity index (χ0n) is 19.7. The Morgan fingerprint density at radius 1 is 0.857 bits per heavy atom. The van der Waals surface area contributed by atoms with Gasteiger partial charge in [-0.2, -0.15) is 0 Å². The lowest BCUT2D eigenvalue weighted by atomic mass is 10.0. The topological polar surface area (TPSA) is 147 Å². The highest BCUT2D eigenvalue weighted by Gasteiger charge is 2.33. The zero-order valence-corrected chi connectivity index (χ0v) is 19.7. The van der Waals surface area contributed by atoms with Crippen LogP contribution in [0.25, 0.3) is 11.1 Å². The van der Waals surface area contributed by atoms with Gasteiger partial charge in [0.1, 0.15) is 12.4 Å². The Labute approximate surface area is 203 Å². The Kier molecular flexibility index (Phi) is 11.6. The average Bonchev–Trinajstić information content (AvgIpc) is 2.90. The molecule has 11 heteroatoms. The van der Waals surface area contributed by atoms with Crippen molar-refractivity contribution in [3.8, 4) is 16.9 Å². The predicted octanol–water partition coefficient (Wildman–Crippen LogP) is 0.450. The molecular weight excluding hydrogens is 458 g/mol. The van der Waals surface area contributed by atoms with Gasteiger partial charge in [0.15, 0.2) is 6.04 Å². The van der Waals surface area contributed by atoms with Crippen LogP contribution in [0.4, 0.5) is 0 Å². The molecule has 0 spiro atoms. The van der Waals surface area contributed by atoms with Crippen LogP contribution in [0.1, 0.15) is 10.4 Å². The molecule has 0 bridgehead atoms. The fourth-order valence-electron chi connectivity index (χ4n) is 3.14. The third kappa shape index (κ3) is 8.34. The fraction of sp³-hybridized carbons (Fsp3) is 0.375. The summed E-state index contributed by atoms with van der Waals surface area (Å²) in [7, 11) is 2.63. The lowest BCUT2D eigenvalue weighted by Crippen LogP contribution is -2.54. The average molecular weight is 490 g/mol. The van der Waals surface area contributed by atoms with E-state index in [9.17, 15) is 14.4 Å². The molecule has 0 saturated heterocycles. The highest BCUT2D eigenvalue weighted by atomic mass is 16.5. The van der Waals surface area contributed by atoms with Crippen LogP contribution in [0.15, 0.2) is 48.5 Å². The molecule has 0 heterocycles. The van der Waals surface area contributed by atoms with Crippen LogP contribution in [-0.2, 0) is 19.1 Å². The largest absolute Gasteiger partial charge is 0.491 e. The Morgan fingerprint density at radius 2 is 1.40 bits per heavy atom. The molecule has 0 radical (unpaired) electrons. The molecule has 4 N–H and O–H groups in total. The maximum absolute atomic E-state index is 12.8. The van der Waals surface area contributed by atoms with Crippen LogP contribution in [-0.4, -0.2) is 92.7 Å². The molecule has 35 heavy (non-hydrogen) atoms. The molecular formula is C24H31N3O8. The number of carbonyl (C=O) groups excluding carboxylic acids is 3. The number of rotatable bonds is 14. The molecule has 1 unspecified atom stereocenters. The van der Waals surface area contributed by atoms with Gasteiger partial charge in [0, 0.05) is 19.7 Å². The van der Waals surface area contributed by atoms with Crippen molar-refractivity contribution in [1.29, 1.82) is 0 Å². The van der Waals surface area contributed by atoms with E-state index < -0.39 is 23.8 Å². The molecule has 3 amide bonds. The number of aliphatic hydroxyl groups excluding tert-OH is 1. The van der Waals surface area contributed by atoms with Gasteiger partial charge in [0.25, 0.3) is 17.7 Å². The summed E-state index contributed by atoms with van der Waals surface area (Å²) in [4.78, 5) is 37.6. The van der Waals surface area contributed by atoms with Crippen LogP contribution in [0, 0.1) is 0 Å². The van der Waals surface area contributed by atoms with Gasteiger partial charge in [0.2, 0.25) is 0 Å². The van der Waals surface area contributed by atoms with Gasteiger partial charge < -0.3 is 29.5 Å². The number of hydrogen-bond donors (Lipinski definition) is 4. The normalized spacial score (nSPS) is 11.4. The van der Waals surface area contributed by atoms with E-state index in [0.29, 0.717) is 38.8 Å². The number of hydroxylamine groups is 1. The van der Waals surface area contributed by atoms with Gasteiger partial charge >= 0.3 is 0 Å². The summed E-state index contributed by atoms with van der Waals surface area (Å²) in [6.07, 6.45) is 0. The number of ether oxygens (including phenoxy) is 3. The Morgan fingerprint density at radius 3 is 1.94 bits per heavy atom. The van der Waals surface area contributed by atoms with Gasteiger partial charge in [-0.1, -0.05) is 24.3 Å². The van der Waals surface area contributed by atoms with E-state index in [1.165, 1.54) is 19.6 Å². The van der Waals surface area contributed by atoms with E-state index >= 15 is 0 Å². The molecule has 0 saturated carbocycles. The lowest BCUT2D eigenvalue weighted by molar-refractivity contribution is -0.140. The first-order chi connectivity index (χ1) is 16.9. The van der Waals surface area contributed by atoms with Gasteiger partial charge in [-0.25, -0.2) is 5.48 Å². The van der Waals surface area contributed by atoms with E-state index in [0.717, 1.165) is 16.0 Å². The summed E-state index contributed by atoms with van der Waals surface area (Å²) < 4.78 is 16.1. The third-order valence-corrected chi connectivity index (χ3v) is 4.98. The molecule has 0 aliphatic rings. The van der Waals surface area contributed by atoms with Gasteiger partial charge in [-0.3, -0.25) is 19.6 Å². The molecule has 1 atom stereocenters. The second kappa shape index (κ2) is 14.7. The van der Waals surface area contributed by atoms with Crippen LogP contribution in [0.5, 0.6) is 5.75 Å². The standard InChI is InChI=1S/C24H31N3O8/c1-25-22(29)21(23(30)26-32)27(2)24(31)19-5-3-17(4-6-19)18-7-9-20(10-8-18)35-16-15-34-14-13-33-12-11-28/h3-10,21,28,32H,11-16H2,1-2H3,(H,25,29)(H,26,30). The number of nitrogens with one attached hydrogen (secondary N) is 2. The van der Waals surface area contributed by atoms with Crippen molar-refractivity contribution in [2.24, 2.45) is 0 Å². The second-order valence-corrected chi connectivity index (χ2v) is 7.31. The highest BCUT2D eigenvalue weighted by Crippen LogP contribution is 2.23. The molecule has 0 aromatic heterocycles. The van der Waals surface area contributed by atoms with Crippen LogP contribution in [0.2, 0.25) is 0 Å². The minimum atomic E-state index is -1.52. The summed E-state index contributed by atoms with van der Waals surface area (Å²) in [6.45, 7) is 1.93. The van der Waals surface area contributed by atoms with Crippen molar-refractivity contribution in [2.75, 3.05) is 53.7 Å². The molecule has 0 aliphatic heterocycles. The zero-order chi connectivity index (χ0) is 25.6. The number of aliphatic hydroxyl groups is 1. The Balaban J connectivity index is 1.92. The molecule has 190 valence electrons. The lowest BCUT2D eigenvalue weighted by Gasteiger charge is -2.25. The van der Waals surface area contributed by atoms with Crippen LogP contribution >= 0.6 is 0 Å². The van der Waals surface area contributed by atoms with Crippen molar-refractivity contribution in [3.05, 3.63) is 54.1 Å². The van der Waals surface area contributed by atoms with Gasteiger partial charge in [-0.15, -0.1) is 0 Å². The monoisotopic (exact) mass is 489 g/mol. The van der Waals surface area contributed by atoms with E-state index in [1.54, 1.807) is 24.3 Å². The van der Waals surface area contributed by atoms with Crippen molar-refractivity contribution < 1.29 is 38.9 Å². The van der Waals surface area contributed by atoms with Gasteiger partial charge in [-0.05, 0) is 35.4 Å². The smallest absolute Gasteiger partial charge is 0.275 e. The van der Waals surface area contributed by atoms with E-state index in [-0.39, 0.29) is 12.2 Å². The maximum atomic E-state index is 12.8. The van der Waals surface area contributed by atoms with Crippen LogP contribution in [0.3, 0.4) is 0 Å². The Hall–Kier alpha value is -3.51. The summed E-state index contributed by atoms with van der Waals surface area (Å²) >= 11 is 0. The van der Waals surface area contributed by atoms with Crippen LogP contribution < -0.4 is 15.5 Å². The summed E-state index contributed by atoms with van der Waals surface area (Å²) in [5.74, 6) is -1.62. The predicted molar refractivity (Wildman–Crippen MR) is 126 cm³/mol. The highest BCUT2D eigenvalue weighted by molar-refractivity contribution is 6.08. The SMILES string of the molecule is CNC(=O)C(C(=O)NO)N(C)C(=O)c1ccc(-c2ccc(OCCOCCOCCO)cc2)cc1. The number of carbonyl (C=O) groups is 3. The van der Waals surface area contributed by atoms with Gasteiger partial charge in [0.05, 0.1) is 33.0 Å². The molecule has 2 aromatic carbocycles. The summed E-state index contributed by atoms with van der Waals surface area (Å²) in [6, 6.07) is 12.6. The fourth-order valence-corrected chi connectivity index (χ4v) is 3.14. The van der Waals surface area contributed by atoms with Crippen molar-refractivity contribution >= 4 is 17.7 Å². The quantitative estimate of drug-likeness (QED) is 0.129. The van der Waals surface area contributed by atoms with E-state index in [4.69, 9.17) is 24.5 Å². The van der Waals surface area contributed by atoms with Crippen molar-refractivity contribution in [2.45, 2.75) is 6.04 Å².